The number of nitrogens with one attached hydrogen (secondary N) is 1. The van der Waals surface area contributed by atoms with E-state index in [1.807, 2.05) is 0 Å². The molecule has 7 heteroatoms. The SMILES string of the molecule is COc1cc(C)c(NC(=O)N=C(N)N)c(Cl)c1. The predicted octanol–water partition coefficient (Wildman–Crippen LogP) is 1.46. The van der Waals surface area contributed by atoms with Crippen molar-refractivity contribution in [3.63, 3.8) is 0 Å². The molecule has 2 amide bonds. The highest BCUT2D eigenvalue weighted by molar-refractivity contribution is 6.34. The van der Waals surface area contributed by atoms with Gasteiger partial charge in [-0.15, -0.1) is 0 Å². The highest BCUT2D eigenvalue weighted by Crippen LogP contribution is 2.30. The Balaban J connectivity index is 3.00. The number of aryl methyl sites for hydroxylation is 1. The number of methoxy groups -OCH3 is 1. The van der Waals surface area contributed by atoms with Crippen molar-refractivity contribution < 1.29 is 9.53 Å². The van der Waals surface area contributed by atoms with Gasteiger partial charge in [-0.05, 0) is 18.6 Å². The van der Waals surface area contributed by atoms with Crippen LogP contribution in [0.25, 0.3) is 0 Å². The van der Waals surface area contributed by atoms with Crippen LogP contribution in [0.2, 0.25) is 5.02 Å². The van der Waals surface area contributed by atoms with Crippen LogP contribution in [0.15, 0.2) is 17.1 Å². The van der Waals surface area contributed by atoms with Crippen molar-refractivity contribution >= 4 is 29.3 Å². The Hall–Kier alpha value is -1.95. The largest absolute Gasteiger partial charge is 0.497 e. The summed E-state index contributed by atoms with van der Waals surface area (Å²) in [5.41, 5.74) is 11.4. The lowest BCUT2D eigenvalue weighted by atomic mass is 10.2. The van der Waals surface area contributed by atoms with Gasteiger partial charge in [-0.1, -0.05) is 11.6 Å². The van der Waals surface area contributed by atoms with Crippen molar-refractivity contribution in [1.29, 1.82) is 0 Å². The Labute approximate surface area is 104 Å². The van der Waals surface area contributed by atoms with Crippen LogP contribution in [0.1, 0.15) is 5.56 Å². The summed E-state index contributed by atoms with van der Waals surface area (Å²) in [6, 6.07) is 2.64. The molecule has 92 valence electrons. The quantitative estimate of drug-likeness (QED) is 0.550. The first-order valence-corrected chi connectivity index (χ1v) is 5.06. The zero-order valence-electron chi connectivity index (χ0n) is 9.45. The number of aliphatic imine (C=N–C) groups is 1. The number of benzene rings is 1. The third kappa shape index (κ3) is 3.53. The second kappa shape index (κ2) is 5.40. The zero-order valence-corrected chi connectivity index (χ0v) is 10.2. The van der Waals surface area contributed by atoms with Gasteiger partial charge in [0.1, 0.15) is 5.75 Å². The van der Waals surface area contributed by atoms with Gasteiger partial charge in [0.05, 0.1) is 17.8 Å². The maximum atomic E-state index is 11.3. The summed E-state index contributed by atoms with van der Waals surface area (Å²) in [7, 11) is 1.53. The molecule has 0 saturated heterocycles. The summed E-state index contributed by atoms with van der Waals surface area (Å²) in [5.74, 6) is 0.289. The molecule has 0 fully saturated rings. The molecule has 0 aliphatic rings. The summed E-state index contributed by atoms with van der Waals surface area (Å²) in [6.07, 6.45) is 0. The molecule has 0 aliphatic heterocycles. The van der Waals surface area contributed by atoms with E-state index in [4.69, 9.17) is 27.8 Å². The molecule has 0 unspecified atom stereocenters. The first kappa shape index (κ1) is 13.1. The number of ether oxygens (including phenoxy) is 1. The second-order valence-corrected chi connectivity index (χ2v) is 3.68. The molecule has 0 radical (unpaired) electrons. The van der Waals surface area contributed by atoms with Gasteiger partial charge < -0.3 is 21.5 Å². The molecule has 5 N–H and O–H groups in total. The minimum absolute atomic E-state index is 0.315. The maximum Gasteiger partial charge on any atom is 0.348 e. The minimum Gasteiger partial charge on any atom is -0.497 e. The topological polar surface area (TPSA) is 103 Å². The van der Waals surface area contributed by atoms with Crippen LogP contribution < -0.4 is 21.5 Å². The van der Waals surface area contributed by atoms with Gasteiger partial charge in [-0.2, -0.15) is 4.99 Å². The number of hydrogen-bond acceptors (Lipinski definition) is 2. The van der Waals surface area contributed by atoms with Crippen LogP contribution >= 0.6 is 11.6 Å². The average molecular weight is 257 g/mol. The Morgan fingerprint density at radius 3 is 2.59 bits per heavy atom. The van der Waals surface area contributed by atoms with E-state index < -0.39 is 6.03 Å². The number of urea groups is 1. The minimum atomic E-state index is -0.680. The first-order valence-electron chi connectivity index (χ1n) is 4.68. The lowest BCUT2D eigenvalue weighted by Gasteiger charge is -2.10. The standard InChI is InChI=1S/C10H13ClN4O2/c1-5-3-6(17-2)4-7(11)8(5)14-10(16)15-9(12)13/h3-4H,1-2H3,(H5,12,13,14,15,16). The third-order valence-corrected chi connectivity index (χ3v) is 2.26. The van der Waals surface area contributed by atoms with Crippen molar-refractivity contribution in [3.05, 3.63) is 22.7 Å². The maximum absolute atomic E-state index is 11.3. The van der Waals surface area contributed by atoms with Gasteiger partial charge in [-0.25, -0.2) is 4.79 Å². The van der Waals surface area contributed by atoms with Crippen LogP contribution in [0.4, 0.5) is 10.5 Å². The fraction of sp³-hybridized carbons (Fsp3) is 0.200. The van der Waals surface area contributed by atoms with E-state index >= 15 is 0 Å². The Morgan fingerprint density at radius 1 is 1.47 bits per heavy atom. The molecule has 1 aromatic carbocycles. The third-order valence-electron chi connectivity index (χ3n) is 1.96. The van der Waals surface area contributed by atoms with Gasteiger partial charge in [0.15, 0.2) is 5.96 Å². The van der Waals surface area contributed by atoms with Gasteiger partial charge in [-0.3, -0.25) is 0 Å². The number of rotatable bonds is 2. The zero-order chi connectivity index (χ0) is 13.0. The molecule has 1 aromatic rings. The van der Waals surface area contributed by atoms with E-state index in [1.54, 1.807) is 19.1 Å². The van der Waals surface area contributed by atoms with E-state index in [1.165, 1.54) is 7.11 Å². The van der Waals surface area contributed by atoms with Crippen LogP contribution in [0.5, 0.6) is 5.75 Å². The van der Waals surface area contributed by atoms with Crippen LogP contribution in [-0.2, 0) is 0 Å². The van der Waals surface area contributed by atoms with E-state index in [9.17, 15) is 4.79 Å². The van der Waals surface area contributed by atoms with E-state index in [0.29, 0.717) is 16.5 Å². The summed E-state index contributed by atoms with van der Waals surface area (Å²) in [4.78, 5) is 14.7. The normalized spacial score (nSPS) is 9.59. The van der Waals surface area contributed by atoms with Gasteiger partial charge in [0.25, 0.3) is 0 Å². The van der Waals surface area contributed by atoms with E-state index in [2.05, 4.69) is 10.3 Å². The fourth-order valence-corrected chi connectivity index (χ4v) is 1.54. The van der Waals surface area contributed by atoms with Crippen molar-refractivity contribution in [2.24, 2.45) is 16.5 Å². The van der Waals surface area contributed by atoms with Crippen molar-refractivity contribution in [2.45, 2.75) is 6.92 Å². The van der Waals surface area contributed by atoms with Crippen LogP contribution in [-0.4, -0.2) is 19.1 Å². The Kier molecular flexibility index (Phi) is 4.17. The van der Waals surface area contributed by atoms with Gasteiger partial charge >= 0.3 is 6.03 Å². The monoisotopic (exact) mass is 256 g/mol. The van der Waals surface area contributed by atoms with Crippen molar-refractivity contribution in [1.82, 2.24) is 0 Å². The number of amides is 2. The van der Waals surface area contributed by atoms with Gasteiger partial charge in [0, 0.05) is 6.07 Å². The number of halogens is 1. The summed E-state index contributed by atoms with van der Waals surface area (Å²) in [6.45, 7) is 1.78. The number of anilines is 1. The van der Waals surface area contributed by atoms with Crippen molar-refractivity contribution in [3.8, 4) is 5.75 Å². The molecule has 0 aromatic heterocycles. The average Bonchev–Trinajstić information content (AvgIpc) is 2.22. The molecule has 6 nitrogen and oxygen atoms in total. The Morgan fingerprint density at radius 2 is 2.12 bits per heavy atom. The number of nitrogens with zero attached hydrogens (tertiary/aromatic N) is 1. The molecular weight excluding hydrogens is 244 g/mol. The number of hydrogen-bond donors (Lipinski definition) is 3. The fourth-order valence-electron chi connectivity index (χ4n) is 1.24. The summed E-state index contributed by atoms with van der Waals surface area (Å²) in [5, 5.41) is 2.84. The van der Waals surface area contributed by atoms with Crippen molar-refractivity contribution in [2.75, 3.05) is 12.4 Å². The molecule has 0 aliphatic carbocycles. The number of carbonyl (C=O) groups excluding carboxylic acids is 1. The lowest BCUT2D eigenvalue weighted by molar-refractivity contribution is 0.259. The lowest BCUT2D eigenvalue weighted by Crippen LogP contribution is -2.25. The highest BCUT2D eigenvalue weighted by Gasteiger charge is 2.10. The molecule has 0 heterocycles. The molecule has 1 rings (SSSR count). The Bertz CT molecular complexity index is 446. The van der Waals surface area contributed by atoms with Crippen LogP contribution in [0.3, 0.4) is 0 Å². The number of guanidine groups is 1. The molecule has 0 bridgehead atoms. The smallest absolute Gasteiger partial charge is 0.348 e. The number of carbonyl (C=O) groups is 1. The number of nitrogens with two attached hydrogens (primary N) is 2. The molecule has 0 spiro atoms. The van der Waals surface area contributed by atoms with Crippen LogP contribution in [0, 0.1) is 6.92 Å². The summed E-state index contributed by atoms with van der Waals surface area (Å²) >= 11 is 5.99. The molecular formula is C10H13ClN4O2. The predicted molar refractivity (Wildman–Crippen MR) is 67.6 cm³/mol. The van der Waals surface area contributed by atoms with E-state index in [0.717, 1.165) is 5.56 Å². The highest BCUT2D eigenvalue weighted by atomic mass is 35.5. The van der Waals surface area contributed by atoms with Gasteiger partial charge in [0.2, 0.25) is 0 Å². The second-order valence-electron chi connectivity index (χ2n) is 3.27. The molecule has 0 saturated carbocycles. The molecule has 17 heavy (non-hydrogen) atoms. The first-order chi connectivity index (χ1) is 7.93. The summed E-state index contributed by atoms with van der Waals surface area (Å²) < 4.78 is 5.04. The van der Waals surface area contributed by atoms with E-state index in [-0.39, 0.29) is 5.96 Å². The molecule has 0 atom stereocenters.